The number of hydrogen-bond acceptors (Lipinski definition) is 2. The zero-order chi connectivity index (χ0) is 12.4. The second-order valence-corrected chi connectivity index (χ2v) is 6.42. The minimum Gasteiger partial charge on any atom is -0.397 e. The molecular formula is C12H9Br2IN2. The summed E-state index contributed by atoms with van der Waals surface area (Å²) in [5, 5.41) is 3.29. The van der Waals surface area contributed by atoms with Crippen LogP contribution in [0.5, 0.6) is 0 Å². The summed E-state index contributed by atoms with van der Waals surface area (Å²) in [5.41, 5.74) is 8.56. The summed E-state index contributed by atoms with van der Waals surface area (Å²) in [5.74, 6) is 0. The molecule has 88 valence electrons. The second-order valence-electron chi connectivity index (χ2n) is 3.49. The van der Waals surface area contributed by atoms with Crippen molar-refractivity contribution in [2.75, 3.05) is 11.1 Å². The Morgan fingerprint density at radius 1 is 1.06 bits per heavy atom. The molecule has 5 heteroatoms. The van der Waals surface area contributed by atoms with Crippen LogP contribution in [0.25, 0.3) is 0 Å². The standard InChI is InChI=1S/C12H9Br2IN2/c13-7-1-4-12(11(16)5-7)17-8-2-3-10(15)9(14)6-8/h1-6,17H,16H2. The summed E-state index contributed by atoms with van der Waals surface area (Å²) < 4.78 is 3.22. The normalized spacial score (nSPS) is 10.3. The summed E-state index contributed by atoms with van der Waals surface area (Å²) in [7, 11) is 0. The fraction of sp³-hybridized carbons (Fsp3) is 0. The van der Waals surface area contributed by atoms with Crippen LogP contribution >= 0.6 is 54.5 Å². The van der Waals surface area contributed by atoms with Crippen LogP contribution in [0.4, 0.5) is 17.1 Å². The van der Waals surface area contributed by atoms with Gasteiger partial charge in [0.15, 0.2) is 0 Å². The largest absolute Gasteiger partial charge is 0.397 e. The van der Waals surface area contributed by atoms with Crippen LogP contribution in [0.15, 0.2) is 45.3 Å². The Labute approximate surface area is 130 Å². The monoisotopic (exact) mass is 466 g/mol. The number of hydrogen-bond donors (Lipinski definition) is 2. The smallest absolute Gasteiger partial charge is 0.0618 e. The van der Waals surface area contributed by atoms with E-state index in [2.05, 4.69) is 59.8 Å². The van der Waals surface area contributed by atoms with Crippen molar-refractivity contribution in [3.8, 4) is 0 Å². The van der Waals surface area contributed by atoms with Gasteiger partial charge in [-0.1, -0.05) is 15.9 Å². The average Bonchev–Trinajstić information content (AvgIpc) is 2.27. The SMILES string of the molecule is Nc1cc(Br)ccc1Nc1ccc(I)c(Br)c1. The molecule has 0 aliphatic carbocycles. The van der Waals surface area contributed by atoms with Gasteiger partial charge >= 0.3 is 0 Å². The first-order valence-electron chi connectivity index (χ1n) is 4.83. The molecule has 17 heavy (non-hydrogen) atoms. The zero-order valence-electron chi connectivity index (χ0n) is 8.68. The van der Waals surface area contributed by atoms with Crippen molar-refractivity contribution in [1.29, 1.82) is 0 Å². The van der Waals surface area contributed by atoms with Gasteiger partial charge in [0, 0.05) is 18.2 Å². The number of halogens is 3. The first-order chi connectivity index (χ1) is 8.06. The maximum Gasteiger partial charge on any atom is 0.0618 e. The predicted octanol–water partition coefficient (Wildman–Crippen LogP) is 5.14. The van der Waals surface area contributed by atoms with Crippen LogP contribution in [-0.2, 0) is 0 Å². The molecule has 0 aliphatic rings. The third-order valence-electron chi connectivity index (χ3n) is 2.21. The minimum absolute atomic E-state index is 0.717. The van der Waals surface area contributed by atoms with Crippen molar-refractivity contribution >= 4 is 71.5 Å². The van der Waals surface area contributed by atoms with Crippen LogP contribution in [0.2, 0.25) is 0 Å². The molecule has 0 radical (unpaired) electrons. The van der Waals surface area contributed by atoms with Gasteiger partial charge in [-0.15, -0.1) is 0 Å². The number of benzene rings is 2. The zero-order valence-corrected chi connectivity index (χ0v) is 14.0. The number of anilines is 3. The molecule has 2 nitrogen and oxygen atoms in total. The maximum absolute atomic E-state index is 5.93. The van der Waals surface area contributed by atoms with Crippen molar-refractivity contribution < 1.29 is 0 Å². The second kappa shape index (κ2) is 5.58. The van der Waals surface area contributed by atoms with E-state index in [0.717, 1.165) is 20.3 Å². The lowest BCUT2D eigenvalue weighted by molar-refractivity contribution is 1.50. The maximum atomic E-state index is 5.93. The highest BCUT2D eigenvalue weighted by atomic mass is 127. The van der Waals surface area contributed by atoms with E-state index in [1.807, 2.05) is 36.4 Å². The fourth-order valence-corrected chi connectivity index (χ4v) is 2.47. The van der Waals surface area contributed by atoms with Crippen LogP contribution < -0.4 is 11.1 Å². The number of rotatable bonds is 2. The van der Waals surface area contributed by atoms with Crippen molar-refractivity contribution in [2.45, 2.75) is 0 Å². The van der Waals surface area contributed by atoms with Crippen LogP contribution in [0.3, 0.4) is 0 Å². The van der Waals surface area contributed by atoms with Crippen molar-refractivity contribution in [2.24, 2.45) is 0 Å². The molecule has 0 spiro atoms. The molecule has 0 aromatic heterocycles. The molecule has 0 heterocycles. The van der Waals surface area contributed by atoms with Gasteiger partial charge < -0.3 is 11.1 Å². The fourth-order valence-electron chi connectivity index (χ4n) is 1.38. The van der Waals surface area contributed by atoms with Gasteiger partial charge in [-0.2, -0.15) is 0 Å². The first-order valence-corrected chi connectivity index (χ1v) is 7.50. The van der Waals surface area contributed by atoms with Crippen molar-refractivity contribution in [1.82, 2.24) is 0 Å². The van der Waals surface area contributed by atoms with Gasteiger partial charge in [0.2, 0.25) is 0 Å². The Bertz CT molecular complexity index is 558. The molecule has 0 saturated carbocycles. The molecule has 0 amide bonds. The molecule has 2 aromatic carbocycles. The Morgan fingerprint density at radius 2 is 1.82 bits per heavy atom. The molecule has 0 bridgehead atoms. The van der Waals surface area contributed by atoms with Crippen LogP contribution in [0, 0.1) is 3.57 Å². The summed E-state index contributed by atoms with van der Waals surface area (Å²) in [6.45, 7) is 0. The van der Waals surface area contributed by atoms with E-state index in [-0.39, 0.29) is 0 Å². The van der Waals surface area contributed by atoms with E-state index in [4.69, 9.17) is 5.73 Å². The lowest BCUT2D eigenvalue weighted by Crippen LogP contribution is -1.96. The van der Waals surface area contributed by atoms with E-state index in [1.165, 1.54) is 3.57 Å². The van der Waals surface area contributed by atoms with Crippen molar-refractivity contribution in [3.63, 3.8) is 0 Å². The van der Waals surface area contributed by atoms with E-state index in [9.17, 15) is 0 Å². The Balaban J connectivity index is 2.28. The Hall–Kier alpha value is -0.270. The number of nitrogens with one attached hydrogen (secondary N) is 1. The van der Waals surface area contributed by atoms with Gasteiger partial charge in [-0.3, -0.25) is 0 Å². The molecule has 2 aromatic rings. The first kappa shape index (κ1) is 13.2. The lowest BCUT2D eigenvalue weighted by atomic mass is 10.2. The van der Waals surface area contributed by atoms with Gasteiger partial charge in [0.25, 0.3) is 0 Å². The van der Waals surface area contributed by atoms with Gasteiger partial charge in [-0.05, 0) is 74.9 Å². The average molecular weight is 468 g/mol. The van der Waals surface area contributed by atoms with Gasteiger partial charge in [-0.25, -0.2) is 0 Å². The van der Waals surface area contributed by atoms with E-state index in [1.54, 1.807) is 0 Å². The molecule has 2 rings (SSSR count). The third kappa shape index (κ3) is 3.35. The summed E-state index contributed by atoms with van der Waals surface area (Å²) in [6, 6.07) is 11.9. The lowest BCUT2D eigenvalue weighted by Gasteiger charge is -2.10. The molecule has 0 atom stereocenters. The quantitative estimate of drug-likeness (QED) is 0.474. The Kier molecular flexibility index (Phi) is 4.32. The van der Waals surface area contributed by atoms with Crippen LogP contribution in [0.1, 0.15) is 0 Å². The molecule has 0 aliphatic heterocycles. The molecule has 0 unspecified atom stereocenters. The highest BCUT2D eigenvalue weighted by Crippen LogP contribution is 2.29. The topological polar surface area (TPSA) is 38.0 Å². The van der Waals surface area contributed by atoms with Crippen LogP contribution in [-0.4, -0.2) is 0 Å². The highest BCUT2D eigenvalue weighted by Gasteiger charge is 2.02. The Morgan fingerprint density at radius 3 is 2.47 bits per heavy atom. The van der Waals surface area contributed by atoms with E-state index in [0.29, 0.717) is 5.69 Å². The summed E-state index contributed by atoms with van der Waals surface area (Å²) >= 11 is 9.17. The summed E-state index contributed by atoms with van der Waals surface area (Å²) in [6.07, 6.45) is 0. The van der Waals surface area contributed by atoms with E-state index >= 15 is 0 Å². The summed E-state index contributed by atoms with van der Waals surface area (Å²) in [4.78, 5) is 0. The number of nitrogens with two attached hydrogens (primary N) is 1. The van der Waals surface area contributed by atoms with Gasteiger partial charge in [0.1, 0.15) is 0 Å². The molecule has 0 fully saturated rings. The molecule has 0 saturated heterocycles. The number of nitrogen functional groups attached to an aromatic ring is 1. The van der Waals surface area contributed by atoms with Gasteiger partial charge in [0.05, 0.1) is 11.4 Å². The van der Waals surface area contributed by atoms with Crippen molar-refractivity contribution in [3.05, 3.63) is 48.9 Å². The highest BCUT2D eigenvalue weighted by molar-refractivity contribution is 14.1. The predicted molar refractivity (Wildman–Crippen MR) is 88.7 cm³/mol. The molecule has 3 N–H and O–H groups in total. The van der Waals surface area contributed by atoms with E-state index < -0.39 is 0 Å². The minimum atomic E-state index is 0.717. The molecular weight excluding hydrogens is 459 g/mol. The third-order valence-corrected chi connectivity index (χ3v) is 5.04.